The van der Waals surface area contributed by atoms with Gasteiger partial charge in [0.25, 0.3) is 0 Å². The van der Waals surface area contributed by atoms with E-state index in [4.69, 9.17) is 4.74 Å². The van der Waals surface area contributed by atoms with Crippen molar-refractivity contribution in [1.82, 2.24) is 0 Å². The summed E-state index contributed by atoms with van der Waals surface area (Å²) in [5.41, 5.74) is 0. The Bertz CT molecular complexity index is 375. The summed E-state index contributed by atoms with van der Waals surface area (Å²) in [6.45, 7) is 2.31. The molecular formula is C22H38F2O. The smallest absolute Gasteiger partial charge is 0.317 e. The third-order valence-electron chi connectivity index (χ3n) is 7.41. The van der Waals surface area contributed by atoms with E-state index in [1.165, 1.54) is 44.9 Å². The minimum atomic E-state index is -2.90. The van der Waals surface area contributed by atoms with Crippen LogP contribution in [-0.4, -0.2) is 12.2 Å². The van der Waals surface area contributed by atoms with Crippen LogP contribution in [0.15, 0.2) is 0 Å². The Morgan fingerprint density at radius 3 is 1.80 bits per heavy atom. The van der Waals surface area contributed by atoms with Crippen molar-refractivity contribution < 1.29 is 13.5 Å². The van der Waals surface area contributed by atoms with Crippen molar-refractivity contribution in [3.63, 3.8) is 0 Å². The SMILES string of the molecule is CCC1CCC(CC2CCC(C(F)(F)OC3CCCCC3)CC2)CC1. The summed E-state index contributed by atoms with van der Waals surface area (Å²) in [5, 5.41) is 0. The molecule has 0 N–H and O–H groups in total. The first-order chi connectivity index (χ1) is 12.1. The van der Waals surface area contributed by atoms with E-state index >= 15 is 0 Å². The van der Waals surface area contributed by atoms with Crippen LogP contribution in [0.25, 0.3) is 0 Å². The predicted octanol–water partition coefficient (Wildman–Crippen LogP) is 7.34. The molecule has 3 aliphatic rings. The van der Waals surface area contributed by atoms with Crippen LogP contribution >= 0.6 is 0 Å². The molecule has 146 valence electrons. The Morgan fingerprint density at radius 2 is 1.24 bits per heavy atom. The van der Waals surface area contributed by atoms with Crippen molar-refractivity contribution in [1.29, 1.82) is 0 Å². The van der Waals surface area contributed by atoms with Gasteiger partial charge >= 0.3 is 6.11 Å². The van der Waals surface area contributed by atoms with Crippen LogP contribution in [0.3, 0.4) is 0 Å². The first-order valence-corrected chi connectivity index (χ1v) is 11.1. The molecule has 3 rings (SSSR count). The van der Waals surface area contributed by atoms with Gasteiger partial charge in [0.1, 0.15) is 0 Å². The van der Waals surface area contributed by atoms with Crippen LogP contribution < -0.4 is 0 Å². The number of hydrogen-bond donors (Lipinski definition) is 0. The normalized spacial score (nSPS) is 35.6. The molecule has 0 spiro atoms. The van der Waals surface area contributed by atoms with Gasteiger partial charge in [-0.05, 0) is 62.7 Å². The fraction of sp³-hybridized carbons (Fsp3) is 1.00. The Balaban J connectivity index is 1.39. The molecule has 0 amide bonds. The minimum absolute atomic E-state index is 0.199. The second-order valence-corrected chi connectivity index (χ2v) is 9.19. The summed E-state index contributed by atoms with van der Waals surface area (Å²) < 4.78 is 34.4. The average Bonchev–Trinajstić information content (AvgIpc) is 2.63. The van der Waals surface area contributed by atoms with Crippen molar-refractivity contribution in [3.8, 4) is 0 Å². The molecular weight excluding hydrogens is 318 g/mol. The molecule has 0 radical (unpaired) electrons. The summed E-state index contributed by atoms with van der Waals surface area (Å²) in [4.78, 5) is 0. The lowest BCUT2D eigenvalue weighted by molar-refractivity contribution is -0.301. The molecule has 0 aromatic heterocycles. The largest absolute Gasteiger partial charge is 0.358 e. The Hall–Kier alpha value is -0.180. The lowest BCUT2D eigenvalue weighted by atomic mass is 9.72. The van der Waals surface area contributed by atoms with Crippen molar-refractivity contribution in [3.05, 3.63) is 0 Å². The molecule has 0 saturated heterocycles. The fourth-order valence-corrected chi connectivity index (χ4v) is 5.58. The number of hydrogen-bond acceptors (Lipinski definition) is 1. The van der Waals surface area contributed by atoms with E-state index in [1.807, 2.05) is 0 Å². The van der Waals surface area contributed by atoms with E-state index in [-0.39, 0.29) is 6.10 Å². The van der Waals surface area contributed by atoms with Crippen LogP contribution in [-0.2, 0) is 4.74 Å². The summed E-state index contributed by atoms with van der Waals surface area (Å²) in [7, 11) is 0. The third-order valence-corrected chi connectivity index (χ3v) is 7.41. The van der Waals surface area contributed by atoms with Gasteiger partial charge in [-0.3, -0.25) is 0 Å². The highest BCUT2D eigenvalue weighted by atomic mass is 19.3. The van der Waals surface area contributed by atoms with Crippen LogP contribution in [0, 0.1) is 23.7 Å². The molecule has 25 heavy (non-hydrogen) atoms. The van der Waals surface area contributed by atoms with Crippen molar-refractivity contribution >= 4 is 0 Å². The predicted molar refractivity (Wildman–Crippen MR) is 98.7 cm³/mol. The standard InChI is InChI=1S/C22H38F2O/c1-2-17-8-10-18(11-9-17)16-19-12-14-20(15-13-19)22(23,24)25-21-6-4-3-5-7-21/h17-21H,2-16H2,1H3. The molecule has 0 unspecified atom stereocenters. The molecule has 1 nitrogen and oxygen atoms in total. The molecule has 0 aromatic carbocycles. The topological polar surface area (TPSA) is 9.23 Å². The highest BCUT2D eigenvalue weighted by Gasteiger charge is 2.44. The molecule has 0 aromatic rings. The first-order valence-electron chi connectivity index (χ1n) is 11.1. The van der Waals surface area contributed by atoms with E-state index < -0.39 is 12.0 Å². The van der Waals surface area contributed by atoms with Gasteiger partial charge in [-0.1, -0.05) is 58.3 Å². The first kappa shape index (κ1) is 19.6. The fourth-order valence-electron chi connectivity index (χ4n) is 5.58. The van der Waals surface area contributed by atoms with E-state index in [9.17, 15) is 8.78 Å². The monoisotopic (exact) mass is 356 g/mol. The zero-order valence-corrected chi connectivity index (χ0v) is 16.2. The lowest BCUT2D eigenvalue weighted by Gasteiger charge is -2.37. The highest BCUT2D eigenvalue weighted by molar-refractivity contribution is 4.82. The summed E-state index contributed by atoms with van der Waals surface area (Å²) in [6, 6.07) is 0. The number of alkyl halides is 2. The zero-order chi connectivity index (χ0) is 17.7. The summed E-state index contributed by atoms with van der Waals surface area (Å²) in [5.74, 6) is 1.96. The van der Waals surface area contributed by atoms with E-state index in [0.717, 1.165) is 50.4 Å². The van der Waals surface area contributed by atoms with Gasteiger partial charge in [0, 0.05) is 0 Å². The molecule has 3 aliphatic carbocycles. The molecule has 0 aliphatic heterocycles. The summed E-state index contributed by atoms with van der Waals surface area (Å²) >= 11 is 0. The molecule has 3 fully saturated rings. The third kappa shape index (κ3) is 5.65. The maximum atomic E-state index is 14.5. The van der Waals surface area contributed by atoms with Gasteiger partial charge in [-0.15, -0.1) is 0 Å². The van der Waals surface area contributed by atoms with Crippen molar-refractivity contribution in [2.75, 3.05) is 0 Å². The second kappa shape index (κ2) is 9.15. The molecule has 3 heteroatoms. The van der Waals surface area contributed by atoms with Gasteiger partial charge in [-0.25, -0.2) is 0 Å². The second-order valence-electron chi connectivity index (χ2n) is 9.19. The maximum Gasteiger partial charge on any atom is 0.358 e. The average molecular weight is 357 g/mol. The number of rotatable bonds is 6. The minimum Gasteiger partial charge on any atom is -0.317 e. The van der Waals surface area contributed by atoms with E-state index in [1.54, 1.807) is 0 Å². The highest BCUT2D eigenvalue weighted by Crippen LogP contribution is 2.44. The van der Waals surface area contributed by atoms with Crippen LogP contribution in [0.4, 0.5) is 8.78 Å². The molecule has 0 atom stereocenters. The van der Waals surface area contributed by atoms with Crippen molar-refractivity contribution in [2.24, 2.45) is 23.7 Å². The molecule has 3 saturated carbocycles. The number of ether oxygens (including phenoxy) is 1. The van der Waals surface area contributed by atoms with Gasteiger partial charge in [0.05, 0.1) is 12.0 Å². The van der Waals surface area contributed by atoms with E-state index in [0.29, 0.717) is 18.8 Å². The van der Waals surface area contributed by atoms with Crippen molar-refractivity contribution in [2.45, 2.75) is 115 Å². The molecule has 0 bridgehead atoms. The Kier molecular flexibility index (Phi) is 7.17. The summed E-state index contributed by atoms with van der Waals surface area (Å²) in [6.07, 6.45) is 13.3. The number of halogens is 2. The van der Waals surface area contributed by atoms with Gasteiger partial charge in [-0.2, -0.15) is 8.78 Å². The quantitative estimate of drug-likeness (QED) is 0.483. The van der Waals surface area contributed by atoms with Crippen LogP contribution in [0.1, 0.15) is 103 Å². The lowest BCUT2D eigenvalue weighted by Crippen LogP contribution is -2.38. The van der Waals surface area contributed by atoms with Gasteiger partial charge < -0.3 is 4.74 Å². The molecule has 0 heterocycles. The van der Waals surface area contributed by atoms with Gasteiger partial charge in [0.2, 0.25) is 0 Å². The Morgan fingerprint density at radius 1 is 0.720 bits per heavy atom. The maximum absolute atomic E-state index is 14.5. The zero-order valence-electron chi connectivity index (χ0n) is 16.2. The van der Waals surface area contributed by atoms with Crippen LogP contribution in [0.2, 0.25) is 0 Å². The van der Waals surface area contributed by atoms with Crippen LogP contribution in [0.5, 0.6) is 0 Å². The Labute approximate surface area is 153 Å². The van der Waals surface area contributed by atoms with E-state index in [2.05, 4.69) is 6.92 Å². The van der Waals surface area contributed by atoms with Gasteiger partial charge in [0.15, 0.2) is 0 Å².